The first kappa shape index (κ1) is 14.7. The molecule has 0 aliphatic carbocycles. The molecule has 0 radical (unpaired) electrons. The van der Waals surface area contributed by atoms with Crippen LogP contribution in [0, 0.1) is 5.82 Å². The van der Waals surface area contributed by atoms with E-state index in [0.717, 1.165) is 6.42 Å². The molecule has 0 saturated carbocycles. The Balaban J connectivity index is 1.62. The van der Waals surface area contributed by atoms with Gasteiger partial charge in [0.1, 0.15) is 12.7 Å². The van der Waals surface area contributed by atoms with Gasteiger partial charge >= 0.3 is 0 Å². The maximum atomic E-state index is 13.3. The van der Waals surface area contributed by atoms with Crippen molar-refractivity contribution < 1.29 is 19.0 Å². The van der Waals surface area contributed by atoms with Crippen molar-refractivity contribution in [1.82, 2.24) is 10.6 Å². The minimum absolute atomic E-state index is 0.0188. The summed E-state index contributed by atoms with van der Waals surface area (Å²) in [4.78, 5) is 11.0. The molecular weight excluding hydrogens is 263 g/mol. The number of amides is 1. The molecule has 110 valence electrons. The molecule has 0 aromatic heterocycles. The molecule has 1 aromatic rings. The van der Waals surface area contributed by atoms with Gasteiger partial charge in [0.25, 0.3) is 0 Å². The highest BCUT2D eigenvalue weighted by Crippen LogP contribution is 2.15. The Hall–Kier alpha value is -1.66. The van der Waals surface area contributed by atoms with Gasteiger partial charge in [-0.25, -0.2) is 4.39 Å². The van der Waals surface area contributed by atoms with E-state index >= 15 is 0 Å². The minimum Gasteiger partial charge on any atom is -0.488 e. The van der Waals surface area contributed by atoms with Crippen LogP contribution in [-0.4, -0.2) is 42.9 Å². The second-order valence-corrected chi connectivity index (χ2v) is 4.86. The van der Waals surface area contributed by atoms with Gasteiger partial charge in [-0.2, -0.15) is 0 Å². The summed E-state index contributed by atoms with van der Waals surface area (Å²) in [6, 6.07) is 6.20. The van der Waals surface area contributed by atoms with Crippen molar-refractivity contribution in [2.45, 2.75) is 25.0 Å². The van der Waals surface area contributed by atoms with Crippen LogP contribution in [0.4, 0.5) is 4.39 Å². The van der Waals surface area contributed by atoms with E-state index in [2.05, 4.69) is 10.6 Å². The summed E-state index contributed by atoms with van der Waals surface area (Å²) in [6.07, 6.45) is 0.644. The first-order valence-electron chi connectivity index (χ1n) is 6.70. The summed E-state index contributed by atoms with van der Waals surface area (Å²) in [5.74, 6) is -0.240. The Bertz CT molecular complexity index is 456. The molecule has 1 aromatic carbocycles. The fraction of sp³-hybridized carbons (Fsp3) is 0.500. The number of aliphatic hydroxyl groups excluding tert-OH is 1. The third-order valence-electron chi connectivity index (χ3n) is 3.12. The normalized spacial score (nSPS) is 19.7. The molecule has 2 unspecified atom stereocenters. The number of para-hydroxylation sites is 1. The number of rotatable bonds is 7. The molecule has 6 heteroatoms. The van der Waals surface area contributed by atoms with Gasteiger partial charge in [0.2, 0.25) is 5.91 Å². The fourth-order valence-electron chi connectivity index (χ4n) is 2.06. The van der Waals surface area contributed by atoms with Crippen LogP contribution in [0.15, 0.2) is 24.3 Å². The van der Waals surface area contributed by atoms with Gasteiger partial charge < -0.3 is 20.5 Å². The lowest BCUT2D eigenvalue weighted by Crippen LogP contribution is -2.40. The third-order valence-corrected chi connectivity index (χ3v) is 3.12. The average molecular weight is 282 g/mol. The molecule has 1 heterocycles. The van der Waals surface area contributed by atoms with Crippen molar-refractivity contribution in [2.75, 3.05) is 19.7 Å². The van der Waals surface area contributed by atoms with E-state index in [1.165, 1.54) is 12.1 Å². The molecule has 0 bridgehead atoms. The van der Waals surface area contributed by atoms with E-state index in [4.69, 9.17) is 4.74 Å². The largest absolute Gasteiger partial charge is 0.488 e. The molecule has 1 fully saturated rings. The topological polar surface area (TPSA) is 70.6 Å². The first-order chi connectivity index (χ1) is 9.65. The van der Waals surface area contributed by atoms with Crippen molar-refractivity contribution in [3.8, 4) is 5.75 Å². The Morgan fingerprint density at radius 3 is 3.00 bits per heavy atom. The Labute approximate surface area is 117 Å². The number of halogens is 1. The van der Waals surface area contributed by atoms with Crippen molar-refractivity contribution in [3.05, 3.63) is 30.1 Å². The molecule has 1 saturated heterocycles. The number of ether oxygens (including phenoxy) is 1. The van der Waals surface area contributed by atoms with Gasteiger partial charge in [-0.05, 0) is 18.6 Å². The number of carbonyl (C=O) groups excluding carboxylic acids is 1. The quantitative estimate of drug-likeness (QED) is 0.678. The first-order valence-corrected chi connectivity index (χ1v) is 6.70. The Morgan fingerprint density at radius 1 is 1.50 bits per heavy atom. The van der Waals surface area contributed by atoms with Crippen molar-refractivity contribution in [1.29, 1.82) is 0 Å². The number of hydrogen-bond acceptors (Lipinski definition) is 4. The van der Waals surface area contributed by atoms with Crippen LogP contribution in [0.3, 0.4) is 0 Å². The molecule has 1 aliphatic rings. The van der Waals surface area contributed by atoms with E-state index < -0.39 is 11.9 Å². The summed E-state index contributed by atoms with van der Waals surface area (Å²) < 4.78 is 18.5. The predicted octanol–water partition coefficient (Wildman–Crippen LogP) is 0.434. The third kappa shape index (κ3) is 4.47. The van der Waals surface area contributed by atoms with Crippen molar-refractivity contribution >= 4 is 5.91 Å². The fourth-order valence-corrected chi connectivity index (χ4v) is 2.06. The van der Waals surface area contributed by atoms with Crippen LogP contribution >= 0.6 is 0 Å². The highest BCUT2D eigenvalue weighted by molar-refractivity contribution is 5.78. The summed E-state index contributed by atoms with van der Waals surface area (Å²) in [7, 11) is 0. The maximum absolute atomic E-state index is 13.3. The summed E-state index contributed by atoms with van der Waals surface area (Å²) in [6.45, 7) is 0.967. The zero-order valence-corrected chi connectivity index (χ0v) is 11.1. The number of nitrogens with one attached hydrogen (secondary N) is 2. The lowest BCUT2D eigenvalue weighted by Gasteiger charge is -2.15. The lowest BCUT2D eigenvalue weighted by molar-refractivity contribution is -0.119. The molecule has 3 N–H and O–H groups in total. The maximum Gasteiger partial charge on any atom is 0.220 e. The van der Waals surface area contributed by atoms with E-state index in [-0.39, 0.29) is 24.3 Å². The lowest BCUT2D eigenvalue weighted by atomic mass is 10.2. The van der Waals surface area contributed by atoms with Gasteiger partial charge in [-0.15, -0.1) is 0 Å². The molecule has 1 aliphatic heterocycles. The number of benzene rings is 1. The predicted molar refractivity (Wildman–Crippen MR) is 71.9 cm³/mol. The zero-order chi connectivity index (χ0) is 14.4. The second kappa shape index (κ2) is 7.21. The van der Waals surface area contributed by atoms with E-state index in [0.29, 0.717) is 19.5 Å². The Kier molecular flexibility index (Phi) is 5.31. The van der Waals surface area contributed by atoms with E-state index in [9.17, 15) is 14.3 Å². The standard InChI is InChI=1S/C14H19FN2O3/c15-12-3-1-2-4-13(12)20-9-11(18)8-16-7-10-5-6-14(19)17-10/h1-4,10-11,16,18H,5-9H2,(H,17,19). The van der Waals surface area contributed by atoms with Crippen LogP contribution in [0.1, 0.15) is 12.8 Å². The van der Waals surface area contributed by atoms with Crippen LogP contribution in [0.2, 0.25) is 0 Å². The molecule has 0 spiro atoms. The second-order valence-electron chi connectivity index (χ2n) is 4.86. The van der Waals surface area contributed by atoms with Gasteiger partial charge in [0.15, 0.2) is 11.6 Å². The van der Waals surface area contributed by atoms with Gasteiger partial charge in [-0.1, -0.05) is 12.1 Å². The number of hydrogen-bond donors (Lipinski definition) is 3. The average Bonchev–Trinajstić information content (AvgIpc) is 2.83. The summed E-state index contributed by atoms with van der Waals surface area (Å²) >= 11 is 0. The SMILES string of the molecule is O=C1CCC(CNCC(O)COc2ccccc2F)N1. The zero-order valence-electron chi connectivity index (χ0n) is 11.1. The van der Waals surface area contributed by atoms with Crippen molar-refractivity contribution in [3.63, 3.8) is 0 Å². The molecule has 5 nitrogen and oxygen atoms in total. The van der Waals surface area contributed by atoms with Gasteiger partial charge in [0, 0.05) is 25.6 Å². The molecule has 20 heavy (non-hydrogen) atoms. The van der Waals surface area contributed by atoms with Crippen LogP contribution in [0.25, 0.3) is 0 Å². The highest BCUT2D eigenvalue weighted by atomic mass is 19.1. The van der Waals surface area contributed by atoms with E-state index in [1.54, 1.807) is 12.1 Å². The van der Waals surface area contributed by atoms with Crippen LogP contribution < -0.4 is 15.4 Å². The van der Waals surface area contributed by atoms with Crippen molar-refractivity contribution in [2.24, 2.45) is 0 Å². The number of carbonyl (C=O) groups is 1. The molecular formula is C14H19FN2O3. The van der Waals surface area contributed by atoms with Crippen LogP contribution in [0.5, 0.6) is 5.75 Å². The highest BCUT2D eigenvalue weighted by Gasteiger charge is 2.20. The van der Waals surface area contributed by atoms with E-state index in [1.807, 2.05) is 0 Å². The van der Waals surface area contributed by atoms with Gasteiger partial charge in [-0.3, -0.25) is 4.79 Å². The molecule has 2 rings (SSSR count). The molecule has 2 atom stereocenters. The number of aliphatic hydroxyl groups is 1. The minimum atomic E-state index is -0.730. The summed E-state index contributed by atoms with van der Waals surface area (Å²) in [5.41, 5.74) is 0. The monoisotopic (exact) mass is 282 g/mol. The molecule has 1 amide bonds. The van der Waals surface area contributed by atoms with Gasteiger partial charge in [0.05, 0.1) is 0 Å². The Morgan fingerprint density at radius 2 is 2.30 bits per heavy atom. The van der Waals surface area contributed by atoms with Crippen LogP contribution in [-0.2, 0) is 4.79 Å². The summed E-state index contributed by atoms with van der Waals surface area (Å²) in [5, 5.41) is 15.6. The smallest absolute Gasteiger partial charge is 0.220 e.